The molecule has 1 aromatic rings. The topological polar surface area (TPSA) is 129 Å². The highest BCUT2D eigenvalue weighted by molar-refractivity contribution is 5.99. The minimum absolute atomic E-state index is 0.000718. The van der Waals surface area contributed by atoms with E-state index in [1.807, 2.05) is 37.5 Å². The first-order chi connectivity index (χ1) is 25.9. The Morgan fingerprint density at radius 1 is 0.722 bits per heavy atom. The Hall–Kier alpha value is -3.92. The number of benzene rings is 1. The number of allylic oxidation sites excluding steroid dienone is 2. The van der Waals surface area contributed by atoms with Crippen LogP contribution in [0.1, 0.15) is 101 Å². The molecular formula is C44H58N4O6. The quantitative estimate of drug-likeness (QED) is 0.262. The number of Topliss-reactive ketones (excluding diaryl/α,β-unsaturated/α-hetero) is 1. The molecule has 1 aromatic carbocycles. The van der Waals surface area contributed by atoms with E-state index in [0.717, 1.165) is 75.6 Å². The summed E-state index contributed by atoms with van der Waals surface area (Å²) < 4.78 is 4.90. The van der Waals surface area contributed by atoms with E-state index in [1.165, 1.54) is 40.5 Å². The van der Waals surface area contributed by atoms with E-state index in [1.54, 1.807) is 0 Å². The number of aliphatic hydroxyl groups excluding tert-OH is 1. The van der Waals surface area contributed by atoms with Crippen LogP contribution in [0, 0.1) is 35.5 Å². The Kier molecular flexibility index (Phi) is 11.4. The first kappa shape index (κ1) is 38.4. The number of fused-ring (bicyclic) bond motifs is 2. The lowest BCUT2D eigenvalue weighted by molar-refractivity contribution is -0.148. The molecule has 54 heavy (non-hydrogen) atoms. The molecule has 4 atom stereocenters. The van der Waals surface area contributed by atoms with Crippen molar-refractivity contribution in [1.82, 2.24) is 9.80 Å². The van der Waals surface area contributed by atoms with E-state index in [0.29, 0.717) is 24.9 Å². The Labute approximate surface area is 320 Å². The number of methoxy groups -OCH3 is 1. The Morgan fingerprint density at radius 2 is 1.15 bits per heavy atom. The van der Waals surface area contributed by atoms with Crippen LogP contribution in [0.25, 0.3) is 0 Å². The monoisotopic (exact) mass is 738 g/mol. The Balaban J connectivity index is 0.927. The first-order valence-electron chi connectivity index (χ1n) is 20.4. The lowest BCUT2D eigenvalue weighted by Gasteiger charge is -2.30. The molecule has 0 radical (unpaired) electrons. The fourth-order valence-electron chi connectivity index (χ4n) is 10.1. The summed E-state index contributed by atoms with van der Waals surface area (Å²) in [6, 6.07) is 4.90. The molecule has 2 fully saturated rings. The van der Waals surface area contributed by atoms with Crippen molar-refractivity contribution in [3.05, 3.63) is 57.9 Å². The third kappa shape index (κ3) is 7.64. The normalized spacial score (nSPS) is 23.8. The number of nitrogens with zero attached hydrogens (tertiary/aromatic N) is 4. The summed E-state index contributed by atoms with van der Waals surface area (Å²) >= 11 is 0. The van der Waals surface area contributed by atoms with E-state index in [2.05, 4.69) is 24.5 Å². The van der Waals surface area contributed by atoms with Crippen LogP contribution in [-0.4, -0.2) is 88.8 Å². The highest BCUT2D eigenvalue weighted by atomic mass is 16.5. The van der Waals surface area contributed by atoms with Gasteiger partial charge in [0.1, 0.15) is 6.61 Å². The third-order valence-electron chi connectivity index (χ3n) is 13.3. The van der Waals surface area contributed by atoms with Crippen molar-refractivity contribution in [1.29, 1.82) is 0 Å². The third-order valence-corrected chi connectivity index (χ3v) is 13.3. The number of carbonyl (C=O) groups is 4. The van der Waals surface area contributed by atoms with Crippen molar-refractivity contribution < 1.29 is 29.0 Å². The predicted molar refractivity (Wildman–Crippen MR) is 208 cm³/mol. The minimum Gasteiger partial charge on any atom is -0.469 e. The van der Waals surface area contributed by atoms with Gasteiger partial charge in [-0.3, -0.25) is 29.2 Å². The van der Waals surface area contributed by atoms with Gasteiger partial charge in [-0.05, 0) is 108 Å². The number of hydrogen-bond donors (Lipinski definition) is 1. The largest absolute Gasteiger partial charge is 0.469 e. The molecule has 6 aliphatic rings. The van der Waals surface area contributed by atoms with Crippen molar-refractivity contribution in [3.8, 4) is 0 Å². The molecule has 2 aliphatic carbocycles. The van der Waals surface area contributed by atoms with Gasteiger partial charge in [0.2, 0.25) is 11.8 Å². The second-order valence-electron chi connectivity index (χ2n) is 17.4. The molecule has 0 aromatic heterocycles. The number of ether oxygens (including phenoxy) is 1. The number of aliphatic hydroxyl groups is 1. The zero-order valence-electron chi connectivity index (χ0n) is 32.8. The molecule has 2 saturated heterocycles. The van der Waals surface area contributed by atoms with Crippen LogP contribution in [-0.2, 0) is 49.6 Å². The summed E-state index contributed by atoms with van der Waals surface area (Å²) in [5.74, 6) is -0.436. The smallest absolute Gasteiger partial charge is 0.306 e. The molecule has 0 saturated carbocycles. The van der Waals surface area contributed by atoms with E-state index in [-0.39, 0.29) is 66.2 Å². The van der Waals surface area contributed by atoms with Crippen LogP contribution in [0.5, 0.6) is 0 Å². The fourth-order valence-corrected chi connectivity index (χ4v) is 10.1. The van der Waals surface area contributed by atoms with Crippen LogP contribution in [0.2, 0.25) is 0 Å². The highest BCUT2D eigenvalue weighted by Gasteiger charge is 2.41. The standard InChI is InChI=1S/C44H58N4O6/c1-25(2)36(20-35(50)24-49)43(52)47-10-6-8-40(47)38-18-33(22-45-38)31-14-27-12-29-16-32(17-30(29)13-28(27)15-31)34-19-39(46-23-34)41-9-7-11-48(41)44(53)37(26(3)4)21-42(51)54-5/h12-13,22-23,25-26,31-32,36-37,40-41,49H,6-11,14-21,24H2,1-5H3. The van der Waals surface area contributed by atoms with Crippen molar-refractivity contribution in [2.75, 3.05) is 26.8 Å². The van der Waals surface area contributed by atoms with Gasteiger partial charge in [-0.25, -0.2) is 0 Å². The maximum Gasteiger partial charge on any atom is 0.306 e. The Morgan fingerprint density at radius 3 is 1.54 bits per heavy atom. The van der Waals surface area contributed by atoms with Gasteiger partial charge in [0.05, 0.1) is 31.5 Å². The molecule has 2 amide bonds. The van der Waals surface area contributed by atoms with Crippen LogP contribution < -0.4 is 0 Å². The second-order valence-corrected chi connectivity index (χ2v) is 17.4. The second kappa shape index (κ2) is 16.0. The summed E-state index contributed by atoms with van der Waals surface area (Å²) in [6.07, 6.45) is 13.7. The van der Waals surface area contributed by atoms with Crippen molar-refractivity contribution in [3.63, 3.8) is 0 Å². The van der Waals surface area contributed by atoms with Crippen molar-refractivity contribution in [2.24, 2.45) is 45.5 Å². The molecule has 4 heterocycles. The van der Waals surface area contributed by atoms with Gasteiger partial charge >= 0.3 is 5.97 Å². The van der Waals surface area contributed by atoms with Crippen LogP contribution in [0.4, 0.5) is 0 Å². The highest BCUT2D eigenvalue weighted by Crippen LogP contribution is 2.42. The molecule has 10 heteroatoms. The number of carbonyl (C=O) groups excluding carboxylic acids is 4. The van der Waals surface area contributed by atoms with Gasteiger partial charge < -0.3 is 19.6 Å². The molecule has 290 valence electrons. The SMILES string of the molecule is COC(=O)CC(C(=O)N1CCCC1C1=NC=C(C2Cc3cc4c(cc3C2)CC(C2=CN=C(C3CCCN3C(=O)C(CC(=O)CO)C(C)C)C2)C4)C1)C(C)C. The van der Waals surface area contributed by atoms with Gasteiger partial charge in [-0.1, -0.05) is 39.8 Å². The summed E-state index contributed by atoms with van der Waals surface area (Å²) in [5, 5.41) is 9.32. The number of hydrogen-bond acceptors (Lipinski definition) is 8. The lowest BCUT2D eigenvalue weighted by Crippen LogP contribution is -2.45. The Bertz CT molecular complexity index is 1640. The summed E-state index contributed by atoms with van der Waals surface area (Å²) in [6.45, 7) is 8.83. The molecule has 7 rings (SSSR count). The van der Waals surface area contributed by atoms with Gasteiger partial charge in [0.25, 0.3) is 0 Å². The number of esters is 1. The lowest BCUT2D eigenvalue weighted by atomic mass is 9.88. The fraction of sp³-hybridized carbons (Fsp3) is 0.636. The maximum atomic E-state index is 13.7. The average Bonchev–Trinajstić information content (AvgIpc) is 4.00. The number of likely N-dealkylation sites (tertiary alicyclic amines) is 2. The molecule has 0 bridgehead atoms. The van der Waals surface area contributed by atoms with Crippen molar-refractivity contribution in [2.45, 2.75) is 117 Å². The zero-order valence-corrected chi connectivity index (χ0v) is 32.8. The number of aliphatic imine (C=N–C) groups is 2. The van der Waals surface area contributed by atoms with Crippen LogP contribution in [0.15, 0.2) is 45.7 Å². The van der Waals surface area contributed by atoms with Crippen LogP contribution >= 0.6 is 0 Å². The van der Waals surface area contributed by atoms with Crippen LogP contribution in [0.3, 0.4) is 0 Å². The molecular weight excluding hydrogens is 681 g/mol. The van der Waals surface area contributed by atoms with Crippen molar-refractivity contribution >= 4 is 35.0 Å². The zero-order chi connectivity index (χ0) is 38.3. The van der Waals surface area contributed by atoms with E-state index in [9.17, 15) is 24.3 Å². The average molecular weight is 739 g/mol. The minimum atomic E-state index is -0.521. The molecule has 4 aliphatic heterocycles. The predicted octanol–water partition coefficient (Wildman–Crippen LogP) is 5.61. The number of amides is 2. The van der Waals surface area contributed by atoms with Gasteiger partial charge in [0.15, 0.2) is 5.78 Å². The first-order valence-corrected chi connectivity index (χ1v) is 20.4. The maximum absolute atomic E-state index is 13.7. The molecule has 10 nitrogen and oxygen atoms in total. The van der Waals surface area contributed by atoms with E-state index in [4.69, 9.17) is 14.7 Å². The van der Waals surface area contributed by atoms with Gasteiger partial charge in [0, 0.05) is 62.1 Å². The summed E-state index contributed by atoms with van der Waals surface area (Å²) in [4.78, 5) is 65.3. The van der Waals surface area contributed by atoms with E-state index >= 15 is 0 Å². The van der Waals surface area contributed by atoms with Gasteiger partial charge in [-0.2, -0.15) is 0 Å². The number of rotatable bonds is 13. The molecule has 0 spiro atoms. The molecule has 1 N–H and O–H groups in total. The van der Waals surface area contributed by atoms with E-state index < -0.39 is 12.5 Å². The number of ketones is 1. The summed E-state index contributed by atoms with van der Waals surface area (Å²) in [5.41, 5.74) is 10.7. The van der Waals surface area contributed by atoms with Gasteiger partial charge in [-0.15, -0.1) is 0 Å². The summed E-state index contributed by atoms with van der Waals surface area (Å²) in [7, 11) is 1.38. The molecule has 4 unspecified atom stereocenters.